The Morgan fingerprint density at radius 2 is 1.89 bits per heavy atom. The van der Waals surface area contributed by atoms with Gasteiger partial charge in [0.15, 0.2) is 0 Å². The number of rotatable bonds is 3. The van der Waals surface area contributed by atoms with Crippen LogP contribution in [-0.4, -0.2) is 5.11 Å². The molecule has 2 aromatic rings. The molecule has 1 atom stereocenters. The average molecular weight is 269 g/mol. The van der Waals surface area contributed by atoms with Crippen molar-refractivity contribution in [2.75, 3.05) is 0 Å². The van der Waals surface area contributed by atoms with E-state index >= 15 is 0 Å². The normalized spacial score (nSPS) is 12.4. The van der Waals surface area contributed by atoms with Crippen LogP contribution in [-0.2, 0) is 6.42 Å². The topological polar surface area (TPSA) is 20.2 Å². The van der Waals surface area contributed by atoms with Crippen LogP contribution >= 0.6 is 11.6 Å². The molecule has 0 radical (unpaired) electrons. The molecule has 1 nitrogen and oxygen atoms in total. The predicted molar refractivity (Wildman–Crippen MR) is 66.5 cm³/mol. The van der Waals surface area contributed by atoms with Gasteiger partial charge in [0.05, 0.1) is 11.1 Å². The molecular weight excluding hydrogens is 258 g/mol. The molecular formula is C14H11ClF2O. The van der Waals surface area contributed by atoms with Gasteiger partial charge in [0.2, 0.25) is 0 Å². The zero-order chi connectivity index (χ0) is 13.1. The second kappa shape index (κ2) is 5.46. The first-order valence-corrected chi connectivity index (χ1v) is 5.81. The number of aliphatic hydroxyl groups excluding tert-OH is 1. The minimum absolute atomic E-state index is 0.0108. The van der Waals surface area contributed by atoms with E-state index in [0.717, 1.165) is 0 Å². The Balaban J connectivity index is 2.16. The van der Waals surface area contributed by atoms with Crippen molar-refractivity contribution in [3.8, 4) is 0 Å². The van der Waals surface area contributed by atoms with E-state index in [2.05, 4.69) is 0 Å². The lowest BCUT2D eigenvalue weighted by Crippen LogP contribution is -2.02. The molecule has 0 aliphatic heterocycles. The van der Waals surface area contributed by atoms with Crippen LogP contribution in [0.15, 0.2) is 42.5 Å². The predicted octanol–water partition coefficient (Wildman–Crippen LogP) is 3.89. The van der Waals surface area contributed by atoms with Gasteiger partial charge in [-0.25, -0.2) is 8.78 Å². The molecule has 0 aliphatic rings. The smallest absolute Gasteiger partial charge is 0.142 e. The number of hydrogen-bond acceptors (Lipinski definition) is 1. The molecule has 0 spiro atoms. The highest BCUT2D eigenvalue weighted by atomic mass is 35.5. The molecule has 0 saturated heterocycles. The number of aliphatic hydroxyl groups is 1. The number of halogens is 3. The molecule has 0 fully saturated rings. The van der Waals surface area contributed by atoms with Gasteiger partial charge in [-0.3, -0.25) is 0 Å². The van der Waals surface area contributed by atoms with Gasteiger partial charge in [-0.15, -0.1) is 0 Å². The van der Waals surface area contributed by atoms with Gasteiger partial charge < -0.3 is 5.11 Å². The van der Waals surface area contributed by atoms with E-state index in [1.165, 1.54) is 24.3 Å². The fourth-order valence-electron chi connectivity index (χ4n) is 1.72. The Labute approximate surface area is 109 Å². The maximum absolute atomic E-state index is 13.2. The summed E-state index contributed by atoms with van der Waals surface area (Å²) in [4.78, 5) is 0. The summed E-state index contributed by atoms with van der Waals surface area (Å²) < 4.78 is 26.2. The van der Waals surface area contributed by atoms with Crippen LogP contribution in [0.2, 0.25) is 5.02 Å². The van der Waals surface area contributed by atoms with E-state index in [4.69, 9.17) is 11.6 Å². The minimum atomic E-state index is -0.890. The zero-order valence-corrected chi connectivity index (χ0v) is 10.2. The average Bonchev–Trinajstić information content (AvgIpc) is 2.32. The number of benzene rings is 2. The SMILES string of the molecule is OC(Cc1cccc(F)c1)c1ccc(Cl)c(F)c1. The Kier molecular flexibility index (Phi) is 3.94. The largest absolute Gasteiger partial charge is 0.388 e. The van der Waals surface area contributed by atoms with Crippen molar-refractivity contribution in [1.29, 1.82) is 0 Å². The first-order valence-electron chi connectivity index (χ1n) is 5.44. The Morgan fingerprint density at radius 3 is 2.56 bits per heavy atom. The van der Waals surface area contributed by atoms with Crippen molar-refractivity contribution in [3.05, 3.63) is 70.2 Å². The van der Waals surface area contributed by atoms with Gasteiger partial charge in [0.1, 0.15) is 11.6 Å². The molecule has 94 valence electrons. The highest BCUT2D eigenvalue weighted by molar-refractivity contribution is 6.30. The fraction of sp³-hybridized carbons (Fsp3) is 0.143. The van der Waals surface area contributed by atoms with Crippen LogP contribution < -0.4 is 0 Å². The quantitative estimate of drug-likeness (QED) is 0.895. The highest BCUT2D eigenvalue weighted by Gasteiger charge is 2.11. The molecule has 2 rings (SSSR count). The third kappa shape index (κ3) is 3.06. The maximum Gasteiger partial charge on any atom is 0.142 e. The molecule has 0 amide bonds. The summed E-state index contributed by atoms with van der Waals surface area (Å²) >= 11 is 5.56. The van der Waals surface area contributed by atoms with Crippen LogP contribution in [0, 0.1) is 11.6 Å². The first kappa shape index (κ1) is 13.0. The molecule has 0 aromatic heterocycles. The van der Waals surface area contributed by atoms with Crippen LogP contribution in [0.1, 0.15) is 17.2 Å². The Hall–Kier alpha value is -1.45. The Morgan fingerprint density at radius 1 is 1.11 bits per heavy atom. The van der Waals surface area contributed by atoms with Gasteiger partial charge >= 0.3 is 0 Å². The monoisotopic (exact) mass is 268 g/mol. The van der Waals surface area contributed by atoms with Crippen LogP contribution in [0.25, 0.3) is 0 Å². The summed E-state index contributed by atoms with van der Waals surface area (Å²) in [5.74, 6) is -0.936. The van der Waals surface area contributed by atoms with Gasteiger partial charge in [-0.05, 0) is 35.4 Å². The van der Waals surface area contributed by atoms with Gasteiger partial charge in [0.25, 0.3) is 0 Å². The standard InChI is InChI=1S/C14H11ClF2O/c15-12-5-4-10(8-13(12)17)14(18)7-9-2-1-3-11(16)6-9/h1-6,8,14,18H,7H2. The van der Waals surface area contributed by atoms with Crippen LogP contribution in [0.5, 0.6) is 0 Å². The molecule has 0 bridgehead atoms. The summed E-state index contributed by atoms with van der Waals surface area (Å²) in [6.07, 6.45) is -0.669. The van der Waals surface area contributed by atoms with Crippen molar-refractivity contribution >= 4 is 11.6 Å². The van der Waals surface area contributed by atoms with Crippen molar-refractivity contribution in [2.24, 2.45) is 0 Å². The van der Waals surface area contributed by atoms with Gasteiger partial charge in [-0.2, -0.15) is 0 Å². The molecule has 1 unspecified atom stereocenters. The van der Waals surface area contributed by atoms with E-state index in [1.807, 2.05) is 0 Å². The third-order valence-electron chi connectivity index (χ3n) is 2.65. The molecule has 0 heterocycles. The van der Waals surface area contributed by atoms with Crippen molar-refractivity contribution in [3.63, 3.8) is 0 Å². The molecule has 0 saturated carbocycles. The second-order valence-electron chi connectivity index (χ2n) is 4.02. The van der Waals surface area contributed by atoms with Crippen LogP contribution in [0.3, 0.4) is 0 Å². The number of hydrogen-bond donors (Lipinski definition) is 1. The highest BCUT2D eigenvalue weighted by Crippen LogP contribution is 2.23. The van der Waals surface area contributed by atoms with Gasteiger partial charge in [0, 0.05) is 6.42 Å². The summed E-state index contributed by atoms with van der Waals surface area (Å²) in [5, 5.41) is 9.96. The fourth-order valence-corrected chi connectivity index (χ4v) is 1.84. The van der Waals surface area contributed by atoms with Crippen LogP contribution in [0.4, 0.5) is 8.78 Å². The lowest BCUT2D eigenvalue weighted by Gasteiger charge is -2.11. The molecule has 0 aliphatic carbocycles. The zero-order valence-electron chi connectivity index (χ0n) is 9.41. The van der Waals surface area contributed by atoms with E-state index in [0.29, 0.717) is 11.1 Å². The minimum Gasteiger partial charge on any atom is -0.388 e. The van der Waals surface area contributed by atoms with Crippen molar-refractivity contribution in [1.82, 2.24) is 0 Å². The second-order valence-corrected chi connectivity index (χ2v) is 4.43. The molecule has 18 heavy (non-hydrogen) atoms. The van der Waals surface area contributed by atoms with E-state index in [9.17, 15) is 13.9 Å². The Bertz CT molecular complexity index is 557. The van der Waals surface area contributed by atoms with Crippen molar-refractivity contribution < 1.29 is 13.9 Å². The summed E-state index contributed by atoms with van der Waals surface area (Å²) in [5.41, 5.74) is 1.07. The maximum atomic E-state index is 13.2. The molecule has 1 N–H and O–H groups in total. The summed E-state index contributed by atoms with van der Waals surface area (Å²) in [7, 11) is 0. The lowest BCUT2D eigenvalue weighted by atomic mass is 10.0. The lowest BCUT2D eigenvalue weighted by molar-refractivity contribution is 0.178. The third-order valence-corrected chi connectivity index (χ3v) is 2.95. The van der Waals surface area contributed by atoms with E-state index < -0.39 is 11.9 Å². The first-order chi connectivity index (χ1) is 8.56. The molecule has 4 heteroatoms. The van der Waals surface area contributed by atoms with E-state index in [1.54, 1.807) is 18.2 Å². The summed E-state index contributed by atoms with van der Waals surface area (Å²) in [6, 6.07) is 10.1. The van der Waals surface area contributed by atoms with Gasteiger partial charge in [-0.1, -0.05) is 29.8 Å². The summed E-state index contributed by atoms with van der Waals surface area (Å²) in [6.45, 7) is 0. The van der Waals surface area contributed by atoms with E-state index in [-0.39, 0.29) is 17.3 Å². The molecule has 2 aromatic carbocycles. The van der Waals surface area contributed by atoms with Crippen molar-refractivity contribution in [2.45, 2.75) is 12.5 Å².